The fourth-order valence-electron chi connectivity index (χ4n) is 1.47. The number of carbonyl (C=O) groups is 1. The van der Waals surface area contributed by atoms with Gasteiger partial charge in [0.25, 0.3) is 0 Å². The van der Waals surface area contributed by atoms with E-state index in [0.29, 0.717) is 17.1 Å². The third-order valence-electron chi connectivity index (χ3n) is 2.25. The van der Waals surface area contributed by atoms with Crippen LogP contribution in [-0.4, -0.2) is 19.9 Å². The normalized spacial score (nSPS) is 13.1. The zero-order valence-corrected chi connectivity index (χ0v) is 9.10. The lowest BCUT2D eigenvalue weighted by Crippen LogP contribution is -2.02. The summed E-state index contributed by atoms with van der Waals surface area (Å²) in [5.74, 6) is 0.453. The Labute approximate surface area is 97.8 Å². The van der Waals surface area contributed by atoms with E-state index >= 15 is 0 Å². The minimum absolute atomic E-state index is 0.0867. The van der Waals surface area contributed by atoms with Crippen LogP contribution < -0.4 is 9.47 Å². The van der Waals surface area contributed by atoms with Gasteiger partial charge in [0, 0.05) is 5.56 Å². The first-order chi connectivity index (χ1) is 8.26. The van der Waals surface area contributed by atoms with E-state index in [-0.39, 0.29) is 12.4 Å². The SMILES string of the molecule is COC(=O)C(C#N)=Cc1cccc2c1OCO2. The minimum atomic E-state index is -0.677. The van der Waals surface area contributed by atoms with Gasteiger partial charge in [-0.3, -0.25) is 0 Å². The Morgan fingerprint density at radius 3 is 3.06 bits per heavy atom. The predicted octanol–water partition coefficient (Wildman–Crippen LogP) is 1.50. The summed E-state index contributed by atoms with van der Waals surface area (Å²) >= 11 is 0. The topological polar surface area (TPSA) is 68.6 Å². The van der Waals surface area contributed by atoms with Crippen molar-refractivity contribution in [2.45, 2.75) is 0 Å². The quantitative estimate of drug-likeness (QED) is 0.438. The highest BCUT2D eigenvalue weighted by atomic mass is 16.7. The molecule has 0 radical (unpaired) electrons. The Balaban J connectivity index is 2.42. The monoisotopic (exact) mass is 231 g/mol. The van der Waals surface area contributed by atoms with Gasteiger partial charge in [0.1, 0.15) is 11.6 Å². The number of esters is 1. The minimum Gasteiger partial charge on any atom is -0.465 e. The molecule has 1 aromatic carbocycles. The van der Waals surface area contributed by atoms with Crippen molar-refractivity contribution in [2.75, 3.05) is 13.9 Å². The second-order valence-corrected chi connectivity index (χ2v) is 3.24. The first-order valence-electron chi connectivity index (χ1n) is 4.85. The van der Waals surface area contributed by atoms with Crippen molar-refractivity contribution in [2.24, 2.45) is 0 Å². The molecule has 86 valence electrons. The number of rotatable bonds is 2. The Hall–Kier alpha value is -2.48. The van der Waals surface area contributed by atoms with Crippen molar-refractivity contribution in [1.82, 2.24) is 0 Å². The largest absolute Gasteiger partial charge is 0.465 e. The van der Waals surface area contributed by atoms with Crippen LogP contribution in [0, 0.1) is 11.3 Å². The summed E-state index contributed by atoms with van der Waals surface area (Å²) in [6.07, 6.45) is 1.42. The van der Waals surface area contributed by atoms with Gasteiger partial charge in [-0.2, -0.15) is 5.26 Å². The molecule has 0 bridgehead atoms. The molecule has 5 nitrogen and oxygen atoms in total. The third-order valence-corrected chi connectivity index (χ3v) is 2.25. The fourth-order valence-corrected chi connectivity index (χ4v) is 1.47. The van der Waals surface area contributed by atoms with Crippen LogP contribution in [0.1, 0.15) is 5.56 Å². The van der Waals surface area contributed by atoms with Crippen LogP contribution in [0.5, 0.6) is 11.5 Å². The summed E-state index contributed by atoms with van der Waals surface area (Å²) in [6.45, 7) is 0.139. The molecule has 0 aliphatic carbocycles. The summed E-state index contributed by atoms with van der Waals surface area (Å²) in [5, 5.41) is 8.85. The van der Waals surface area contributed by atoms with E-state index in [4.69, 9.17) is 14.7 Å². The Bertz CT molecular complexity index is 528. The van der Waals surface area contributed by atoms with Crippen molar-refractivity contribution in [3.05, 3.63) is 29.3 Å². The molecule has 0 unspecified atom stereocenters. The van der Waals surface area contributed by atoms with Gasteiger partial charge in [-0.25, -0.2) is 4.79 Å². The van der Waals surface area contributed by atoms with Crippen molar-refractivity contribution < 1.29 is 19.0 Å². The molecule has 0 saturated carbocycles. The molecule has 0 N–H and O–H groups in total. The van der Waals surface area contributed by atoms with Crippen molar-refractivity contribution in [1.29, 1.82) is 5.26 Å². The zero-order valence-electron chi connectivity index (χ0n) is 9.10. The highest BCUT2D eigenvalue weighted by Crippen LogP contribution is 2.36. The Morgan fingerprint density at radius 2 is 2.35 bits per heavy atom. The van der Waals surface area contributed by atoms with E-state index in [1.807, 2.05) is 0 Å². The first-order valence-corrected chi connectivity index (χ1v) is 4.85. The molecule has 5 heteroatoms. The lowest BCUT2D eigenvalue weighted by Gasteiger charge is -2.01. The number of benzene rings is 1. The molecule has 1 aromatic rings. The third kappa shape index (κ3) is 2.06. The second-order valence-electron chi connectivity index (χ2n) is 3.24. The van der Waals surface area contributed by atoms with Crippen LogP contribution >= 0.6 is 0 Å². The van der Waals surface area contributed by atoms with Crippen molar-refractivity contribution >= 4 is 12.0 Å². The van der Waals surface area contributed by atoms with E-state index in [1.165, 1.54) is 13.2 Å². The van der Waals surface area contributed by atoms with E-state index in [9.17, 15) is 4.79 Å². The van der Waals surface area contributed by atoms with Crippen LogP contribution in [0.3, 0.4) is 0 Å². The maximum absolute atomic E-state index is 11.3. The molecule has 0 fully saturated rings. The van der Waals surface area contributed by atoms with Gasteiger partial charge in [0.15, 0.2) is 11.5 Å². The molecular formula is C12H9NO4. The molecule has 2 rings (SSSR count). The predicted molar refractivity (Wildman–Crippen MR) is 58.2 cm³/mol. The number of nitriles is 1. The molecule has 17 heavy (non-hydrogen) atoms. The zero-order chi connectivity index (χ0) is 12.3. The summed E-state index contributed by atoms with van der Waals surface area (Å²) in [6, 6.07) is 7.02. The Morgan fingerprint density at radius 1 is 1.53 bits per heavy atom. The van der Waals surface area contributed by atoms with Crippen LogP contribution in [0.15, 0.2) is 23.8 Å². The van der Waals surface area contributed by atoms with Gasteiger partial charge in [-0.05, 0) is 12.1 Å². The van der Waals surface area contributed by atoms with Crippen LogP contribution in [0.2, 0.25) is 0 Å². The number of hydrogen-bond acceptors (Lipinski definition) is 5. The fraction of sp³-hybridized carbons (Fsp3) is 0.167. The molecule has 0 spiro atoms. The molecule has 1 aliphatic heterocycles. The van der Waals surface area contributed by atoms with Crippen LogP contribution in [-0.2, 0) is 9.53 Å². The highest BCUT2D eigenvalue weighted by molar-refractivity contribution is 5.98. The molecule has 1 heterocycles. The average Bonchev–Trinajstić information content (AvgIpc) is 2.83. The van der Waals surface area contributed by atoms with E-state index in [0.717, 1.165) is 0 Å². The van der Waals surface area contributed by atoms with Gasteiger partial charge in [0.2, 0.25) is 6.79 Å². The van der Waals surface area contributed by atoms with Crippen molar-refractivity contribution in [3.63, 3.8) is 0 Å². The lowest BCUT2D eigenvalue weighted by molar-refractivity contribution is -0.135. The Kier molecular flexibility index (Phi) is 2.97. The summed E-state index contributed by atoms with van der Waals surface area (Å²) in [7, 11) is 1.22. The average molecular weight is 231 g/mol. The maximum Gasteiger partial charge on any atom is 0.348 e. The summed E-state index contributed by atoms with van der Waals surface area (Å²) in [5.41, 5.74) is 0.526. The van der Waals surface area contributed by atoms with E-state index in [1.54, 1.807) is 24.3 Å². The van der Waals surface area contributed by atoms with Gasteiger partial charge in [-0.1, -0.05) is 12.1 Å². The van der Waals surface area contributed by atoms with Crippen LogP contribution in [0.4, 0.5) is 0 Å². The van der Waals surface area contributed by atoms with Crippen molar-refractivity contribution in [3.8, 4) is 17.6 Å². The first kappa shape index (κ1) is 11.0. The van der Waals surface area contributed by atoms with Gasteiger partial charge < -0.3 is 14.2 Å². The number of nitrogens with zero attached hydrogens (tertiary/aromatic N) is 1. The number of fused-ring (bicyclic) bond motifs is 1. The van der Waals surface area contributed by atoms with Gasteiger partial charge in [-0.15, -0.1) is 0 Å². The number of carbonyl (C=O) groups excluding carboxylic acids is 1. The molecule has 0 atom stereocenters. The molecular weight excluding hydrogens is 222 g/mol. The summed E-state index contributed by atoms with van der Waals surface area (Å²) < 4.78 is 14.9. The summed E-state index contributed by atoms with van der Waals surface area (Å²) in [4.78, 5) is 11.3. The number of hydrogen-bond donors (Lipinski definition) is 0. The van der Waals surface area contributed by atoms with Gasteiger partial charge >= 0.3 is 5.97 Å². The highest BCUT2D eigenvalue weighted by Gasteiger charge is 2.17. The number of ether oxygens (including phenoxy) is 3. The molecule has 0 saturated heterocycles. The van der Waals surface area contributed by atoms with Gasteiger partial charge in [0.05, 0.1) is 7.11 Å². The smallest absolute Gasteiger partial charge is 0.348 e. The van der Waals surface area contributed by atoms with Crippen LogP contribution in [0.25, 0.3) is 6.08 Å². The standard InChI is InChI=1S/C12H9NO4/c1-15-12(14)9(6-13)5-8-3-2-4-10-11(8)17-7-16-10/h2-5H,7H2,1H3. The number of para-hydroxylation sites is 1. The molecule has 1 aliphatic rings. The number of methoxy groups -OCH3 is 1. The maximum atomic E-state index is 11.3. The van der Waals surface area contributed by atoms with E-state index in [2.05, 4.69) is 4.74 Å². The molecule has 0 aromatic heterocycles. The molecule has 0 amide bonds. The van der Waals surface area contributed by atoms with E-state index < -0.39 is 5.97 Å². The second kappa shape index (κ2) is 4.58. The lowest BCUT2D eigenvalue weighted by atomic mass is 10.1.